The molecule has 3 aromatic rings. The number of nitrogens with zero attached hydrogens (tertiary/aromatic N) is 3. The van der Waals surface area contributed by atoms with Crippen LogP contribution >= 0.6 is 0 Å². The monoisotopic (exact) mass is 522 g/mol. The van der Waals surface area contributed by atoms with Crippen molar-refractivity contribution in [2.45, 2.75) is 32.2 Å². The van der Waals surface area contributed by atoms with E-state index in [1.807, 2.05) is 13.0 Å². The second-order valence-corrected chi connectivity index (χ2v) is 10.1. The Morgan fingerprint density at radius 1 is 1.08 bits per heavy atom. The van der Waals surface area contributed by atoms with E-state index in [-0.39, 0.29) is 12.3 Å². The summed E-state index contributed by atoms with van der Waals surface area (Å²) in [7, 11) is 3.23. The SMILES string of the molecule is COCCN1CCC(C)(C(=O)N[C@@H](Cc2cccc3c(-n4c(=O)ccn(C)c4=O)cccc23)C(=O)O)CC1. The first-order valence-electron chi connectivity index (χ1n) is 12.7. The van der Waals surface area contributed by atoms with Crippen molar-refractivity contribution in [3.8, 4) is 5.69 Å². The highest BCUT2D eigenvalue weighted by Crippen LogP contribution is 2.31. The first-order valence-corrected chi connectivity index (χ1v) is 12.7. The van der Waals surface area contributed by atoms with Gasteiger partial charge in [-0.2, -0.15) is 0 Å². The third-order valence-corrected chi connectivity index (χ3v) is 7.53. The second kappa shape index (κ2) is 11.3. The molecule has 1 saturated heterocycles. The zero-order valence-electron chi connectivity index (χ0n) is 22.0. The van der Waals surface area contributed by atoms with Gasteiger partial charge in [-0.25, -0.2) is 14.2 Å². The van der Waals surface area contributed by atoms with Crippen LogP contribution in [0.15, 0.2) is 58.3 Å². The van der Waals surface area contributed by atoms with Gasteiger partial charge in [0.25, 0.3) is 5.56 Å². The maximum absolute atomic E-state index is 13.3. The van der Waals surface area contributed by atoms with Crippen molar-refractivity contribution < 1.29 is 19.4 Å². The fourth-order valence-electron chi connectivity index (χ4n) is 4.99. The molecular weight excluding hydrogens is 488 g/mol. The van der Waals surface area contributed by atoms with Gasteiger partial charge in [-0.05, 0) is 42.9 Å². The molecule has 0 saturated carbocycles. The first kappa shape index (κ1) is 27.3. The molecule has 0 unspecified atom stereocenters. The molecule has 0 bridgehead atoms. The van der Waals surface area contributed by atoms with Crippen LogP contribution in [0.1, 0.15) is 25.3 Å². The van der Waals surface area contributed by atoms with E-state index in [2.05, 4.69) is 10.2 Å². The molecule has 10 nitrogen and oxygen atoms in total. The summed E-state index contributed by atoms with van der Waals surface area (Å²) in [6.07, 6.45) is 2.74. The number of amides is 1. The molecule has 1 fully saturated rings. The van der Waals surface area contributed by atoms with Gasteiger partial charge in [0.2, 0.25) is 5.91 Å². The van der Waals surface area contributed by atoms with Gasteiger partial charge in [0.15, 0.2) is 0 Å². The Balaban J connectivity index is 1.59. The summed E-state index contributed by atoms with van der Waals surface area (Å²) in [5.41, 5.74) is -0.482. The van der Waals surface area contributed by atoms with Crippen LogP contribution in [0.5, 0.6) is 0 Å². The molecule has 10 heteroatoms. The van der Waals surface area contributed by atoms with Gasteiger partial charge in [-0.15, -0.1) is 0 Å². The molecule has 4 rings (SSSR count). The Bertz CT molecular complexity index is 1450. The molecule has 202 valence electrons. The summed E-state index contributed by atoms with van der Waals surface area (Å²) in [5, 5.41) is 14.1. The van der Waals surface area contributed by atoms with Gasteiger partial charge in [-0.1, -0.05) is 37.3 Å². The number of carboxylic acid groups (broad SMARTS) is 1. The van der Waals surface area contributed by atoms with Crippen LogP contribution in [0.25, 0.3) is 16.5 Å². The molecule has 0 aliphatic carbocycles. The van der Waals surface area contributed by atoms with Gasteiger partial charge in [0.1, 0.15) is 6.04 Å². The van der Waals surface area contributed by atoms with Gasteiger partial charge >= 0.3 is 11.7 Å². The molecule has 1 aromatic heterocycles. The quantitative estimate of drug-likeness (QED) is 0.437. The van der Waals surface area contributed by atoms with Crippen molar-refractivity contribution in [2.24, 2.45) is 12.5 Å². The number of hydrogen-bond acceptors (Lipinski definition) is 6. The van der Waals surface area contributed by atoms with E-state index in [0.29, 0.717) is 41.5 Å². The normalized spacial score (nSPS) is 16.3. The molecule has 1 amide bonds. The van der Waals surface area contributed by atoms with Gasteiger partial charge in [-0.3, -0.25) is 9.59 Å². The number of aliphatic carboxylic acids is 1. The lowest BCUT2D eigenvalue weighted by molar-refractivity contribution is -0.144. The molecule has 2 aromatic carbocycles. The average molecular weight is 523 g/mol. The predicted octanol–water partition coefficient (Wildman–Crippen LogP) is 1.55. The molecule has 38 heavy (non-hydrogen) atoms. The summed E-state index contributed by atoms with van der Waals surface area (Å²) in [4.78, 5) is 53.1. The highest BCUT2D eigenvalue weighted by Gasteiger charge is 2.38. The number of rotatable bonds is 9. The number of benzene rings is 2. The number of carbonyl (C=O) groups excluding carboxylic acids is 1. The van der Waals surface area contributed by atoms with Gasteiger partial charge in [0.05, 0.1) is 12.3 Å². The van der Waals surface area contributed by atoms with E-state index in [1.54, 1.807) is 44.5 Å². The zero-order valence-corrected chi connectivity index (χ0v) is 22.0. The van der Waals surface area contributed by atoms with Crippen molar-refractivity contribution in [1.29, 1.82) is 0 Å². The summed E-state index contributed by atoms with van der Waals surface area (Å²) in [6.45, 7) is 4.81. The molecule has 1 aliphatic rings. The molecular formula is C28H34N4O6. The Hall–Kier alpha value is -3.76. The molecule has 2 N–H and O–H groups in total. The molecule has 0 spiro atoms. The molecule has 2 heterocycles. The number of likely N-dealkylation sites (tertiary alicyclic amines) is 1. The number of hydrogen-bond donors (Lipinski definition) is 2. The summed E-state index contributed by atoms with van der Waals surface area (Å²) < 4.78 is 7.56. The lowest BCUT2D eigenvalue weighted by Gasteiger charge is -2.38. The lowest BCUT2D eigenvalue weighted by atomic mass is 9.79. The summed E-state index contributed by atoms with van der Waals surface area (Å²) >= 11 is 0. The number of carbonyl (C=O) groups is 2. The van der Waals surface area contributed by atoms with E-state index >= 15 is 0 Å². The highest BCUT2D eigenvalue weighted by atomic mass is 16.5. The fourth-order valence-corrected chi connectivity index (χ4v) is 4.99. The number of ether oxygens (including phenoxy) is 1. The minimum Gasteiger partial charge on any atom is -0.480 e. The van der Waals surface area contributed by atoms with Gasteiger partial charge < -0.3 is 24.6 Å². The van der Waals surface area contributed by atoms with Crippen LogP contribution in [0.4, 0.5) is 0 Å². The largest absolute Gasteiger partial charge is 0.480 e. The standard InChI is InChI=1S/C28H34N4O6/c1-28(11-14-31(15-12-28)16-17-38-3)26(36)29-22(25(34)35)18-19-6-4-8-21-20(19)7-5-9-23(21)32-24(33)10-13-30(2)27(32)37/h4-10,13,22H,11-12,14-18H2,1-3H3,(H,29,36)(H,34,35)/t22-/m0/s1. The van der Waals surface area contributed by atoms with Crippen LogP contribution in [0.2, 0.25) is 0 Å². The third-order valence-electron chi connectivity index (χ3n) is 7.53. The summed E-state index contributed by atoms with van der Waals surface area (Å²) in [6, 6.07) is 10.8. The van der Waals surface area contributed by atoms with Crippen LogP contribution in [-0.4, -0.2) is 70.4 Å². The van der Waals surface area contributed by atoms with Crippen LogP contribution in [0.3, 0.4) is 0 Å². The fraction of sp³-hybridized carbons (Fsp3) is 0.429. The van der Waals surface area contributed by atoms with Crippen LogP contribution in [-0.2, 0) is 27.8 Å². The van der Waals surface area contributed by atoms with E-state index < -0.39 is 28.7 Å². The van der Waals surface area contributed by atoms with Crippen molar-refractivity contribution >= 4 is 22.6 Å². The first-order chi connectivity index (χ1) is 18.1. The molecule has 1 aliphatic heterocycles. The zero-order chi connectivity index (χ0) is 27.4. The Labute approximate surface area is 220 Å². The number of piperidine rings is 1. The van der Waals surface area contributed by atoms with Crippen molar-refractivity contribution in [3.63, 3.8) is 0 Å². The molecule has 0 radical (unpaired) electrons. The van der Waals surface area contributed by atoms with Crippen molar-refractivity contribution in [1.82, 2.24) is 19.4 Å². The predicted molar refractivity (Wildman–Crippen MR) is 144 cm³/mol. The highest BCUT2D eigenvalue weighted by molar-refractivity contribution is 5.93. The number of aryl methyl sites for hydroxylation is 1. The number of nitrogens with one attached hydrogen (secondary N) is 1. The smallest absolute Gasteiger partial charge is 0.335 e. The number of fused-ring (bicyclic) bond motifs is 1. The average Bonchev–Trinajstić information content (AvgIpc) is 2.90. The molecule has 1 atom stereocenters. The minimum atomic E-state index is -1.13. The number of aromatic nitrogens is 2. The lowest BCUT2D eigenvalue weighted by Crippen LogP contribution is -2.52. The van der Waals surface area contributed by atoms with Gasteiger partial charge in [0, 0.05) is 50.2 Å². The Morgan fingerprint density at radius 2 is 1.76 bits per heavy atom. The number of carboxylic acids is 1. The maximum atomic E-state index is 13.3. The van der Waals surface area contributed by atoms with E-state index in [9.17, 15) is 24.3 Å². The van der Waals surface area contributed by atoms with Crippen LogP contribution < -0.4 is 16.6 Å². The second-order valence-electron chi connectivity index (χ2n) is 10.1. The Morgan fingerprint density at radius 3 is 2.45 bits per heavy atom. The van der Waals surface area contributed by atoms with Crippen molar-refractivity contribution in [3.05, 3.63) is 75.1 Å². The Kier molecular flexibility index (Phi) is 8.13. The van der Waals surface area contributed by atoms with E-state index in [4.69, 9.17) is 4.74 Å². The topological polar surface area (TPSA) is 123 Å². The minimum absolute atomic E-state index is 0.0552. The van der Waals surface area contributed by atoms with E-state index in [1.165, 1.54) is 16.8 Å². The third kappa shape index (κ3) is 5.56. The maximum Gasteiger partial charge on any atom is 0.335 e. The number of methoxy groups -OCH3 is 1. The van der Waals surface area contributed by atoms with Crippen molar-refractivity contribution in [2.75, 3.05) is 33.4 Å². The van der Waals surface area contributed by atoms with Crippen LogP contribution in [0, 0.1) is 5.41 Å². The van der Waals surface area contributed by atoms with E-state index in [0.717, 1.165) is 24.2 Å². The summed E-state index contributed by atoms with van der Waals surface area (Å²) in [5.74, 6) is -1.39.